The average molecular weight is 264 g/mol. The van der Waals surface area contributed by atoms with Gasteiger partial charge in [-0.2, -0.15) is 0 Å². The molecule has 0 aromatic rings. The topological polar surface area (TPSA) is 43.4 Å². The van der Waals surface area contributed by atoms with Crippen LogP contribution in [0.15, 0.2) is 35.5 Å². The normalized spacial score (nSPS) is 13.7. The second-order valence-electron chi connectivity index (χ2n) is 5.28. The van der Waals surface area contributed by atoms with Crippen molar-refractivity contribution in [2.75, 3.05) is 0 Å². The lowest BCUT2D eigenvalue weighted by Gasteiger charge is -2.19. The summed E-state index contributed by atoms with van der Waals surface area (Å²) in [6.45, 7) is 9.24. The lowest BCUT2D eigenvalue weighted by atomic mass is 10.1. The number of aldehydes is 1. The van der Waals surface area contributed by atoms with Gasteiger partial charge in [-0.15, -0.1) is 0 Å². The van der Waals surface area contributed by atoms with Gasteiger partial charge in [-0.1, -0.05) is 23.8 Å². The fourth-order valence-corrected chi connectivity index (χ4v) is 1.32. The maximum Gasteiger partial charge on any atom is 0.338 e. The standard InChI is InChI=1S/C16H24O3/c1-6-14(15(18)19-16(3,4)5)12-13(2)10-8-7-9-11-17/h6,8,10-12H,7,9H2,1-5H3/b10-8+,13-12+,14-6+. The van der Waals surface area contributed by atoms with Crippen LogP contribution in [0.5, 0.6) is 0 Å². The van der Waals surface area contributed by atoms with Crippen molar-refractivity contribution in [2.24, 2.45) is 0 Å². The lowest BCUT2D eigenvalue weighted by molar-refractivity contribution is -0.149. The lowest BCUT2D eigenvalue weighted by Crippen LogP contribution is -2.24. The number of hydrogen-bond donors (Lipinski definition) is 0. The van der Waals surface area contributed by atoms with E-state index < -0.39 is 5.60 Å². The van der Waals surface area contributed by atoms with Crippen LogP contribution in [-0.4, -0.2) is 17.9 Å². The van der Waals surface area contributed by atoms with Gasteiger partial charge in [0.05, 0.1) is 5.57 Å². The van der Waals surface area contributed by atoms with Crippen molar-refractivity contribution >= 4 is 12.3 Å². The van der Waals surface area contributed by atoms with E-state index in [1.807, 2.05) is 39.8 Å². The summed E-state index contributed by atoms with van der Waals surface area (Å²) in [4.78, 5) is 22.1. The molecule has 0 aromatic heterocycles. The summed E-state index contributed by atoms with van der Waals surface area (Å²) in [5.74, 6) is -0.323. The van der Waals surface area contributed by atoms with E-state index in [-0.39, 0.29) is 5.97 Å². The van der Waals surface area contributed by atoms with Gasteiger partial charge in [0.25, 0.3) is 0 Å². The van der Waals surface area contributed by atoms with Crippen molar-refractivity contribution < 1.29 is 14.3 Å². The molecule has 0 aromatic carbocycles. The molecule has 0 N–H and O–H groups in total. The number of rotatable bonds is 6. The van der Waals surface area contributed by atoms with Gasteiger partial charge in [-0.05, 0) is 47.1 Å². The van der Waals surface area contributed by atoms with Crippen LogP contribution in [0.4, 0.5) is 0 Å². The number of unbranched alkanes of at least 4 members (excludes halogenated alkanes) is 1. The molecule has 0 aliphatic carbocycles. The van der Waals surface area contributed by atoms with Gasteiger partial charge in [-0.25, -0.2) is 4.79 Å². The molecule has 0 spiro atoms. The molecule has 0 rings (SSSR count). The zero-order valence-corrected chi connectivity index (χ0v) is 12.5. The van der Waals surface area contributed by atoms with E-state index in [4.69, 9.17) is 4.74 Å². The van der Waals surface area contributed by atoms with Crippen LogP contribution in [0.25, 0.3) is 0 Å². The molecule has 19 heavy (non-hydrogen) atoms. The van der Waals surface area contributed by atoms with Gasteiger partial charge in [-0.3, -0.25) is 0 Å². The Balaban J connectivity index is 4.67. The quantitative estimate of drug-likeness (QED) is 0.241. The molecule has 0 bridgehead atoms. The molecule has 0 aliphatic heterocycles. The third-order valence-corrected chi connectivity index (χ3v) is 2.16. The molecule has 106 valence electrons. The second kappa shape index (κ2) is 8.46. The largest absolute Gasteiger partial charge is 0.456 e. The Morgan fingerprint density at radius 1 is 1.21 bits per heavy atom. The third kappa shape index (κ3) is 9.00. The monoisotopic (exact) mass is 264 g/mol. The van der Waals surface area contributed by atoms with Gasteiger partial charge < -0.3 is 9.53 Å². The molecule has 0 atom stereocenters. The van der Waals surface area contributed by atoms with Crippen LogP contribution in [-0.2, 0) is 14.3 Å². The van der Waals surface area contributed by atoms with E-state index >= 15 is 0 Å². The minimum atomic E-state index is -0.493. The SMILES string of the molecule is C\C=C(/C=C(C)/C=C/CCC=O)C(=O)OC(C)(C)C. The molecule has 3 nitrogen and oxygen atoms in total. The van der Waals surface area contributed by atoms with E-state index in [1.165, 1.54) is 0 Å². The zero-order valence-electron chi connectivity index (χ0n) is 12.5. The van der Waals surface area contributed by atoms with Crippen molar-refractivity contribution in [3.8, 4) is 0 Å². The molecule has 0 unspecified atom stereocenters. The van der Waals surface area contributed by atoms with Crippen molar-refractivity contribution in [3.05, 3.63) is 35.5 Å². The number of esters is 1. The third-order valence-electron chi connectivity index (χ3n) is 2.16. The molecule has 0 radical (unpaired) electrons. The van der Waals surface area contributed by atoms with Crippen LogP contribution >= 0.6 is 0 Å². The highest BCUT2D eigenvalue weighted by molar-refractivity contribution is 5.92. The number of carbonyl (C=O) groups excluding carboxylic acids is 2. The first-order chi connectivity index (χ1) is 8.80. The molecule has 0 saturated carbocycles. The van der Waals surface area contributed by atoms with E-state index in [1.54, 1.807) is 19.1 Å². The van der Waals surface area contributed by atoms with E-state index in [0.29, 0.717) is 18.4 Å². The van der Waals surface area contributed by atoms with Crippen LogP contribution in [0, 0.1) is 0 Å². The van der Waals surface area contributed by atoms with Crippen molar-refractivity contribution in [1.29, 1.82) is 0 Å². The molecule has 3 heteroatoms. The molecule has 0 saturated heterocycles. The Morgan fingerprint density at radius 3 is 2.32 bits per heavy atom. The molecular weight excluding hydrogens is 240 g/mol. The predicted octanol–water partition coefficient (Wildman–Crippen LogP) is 3.76. The van der Waals surface area contributed by atoms with Gasteiger partial charge >= 0.3 is 5.97 Å². The number of allylic oxidation sites excluding steroid dienone is 4. The van der Waals surface area contributed by atoms with Gasteiger partial charge in [0.1, 0.15) is 11.9 Å². The fraction of sp³-hybridized carbons (Fsp3) is 0.500. The van der Waals surface area contributed by atoms with E-state index in [0.717, 1.165) is 11.9 Å². The maximum absolute atomic E-state index is 11.9. The van der Waals surface area contributed by atoms with Crippen LogP contribution in [0.2, 0.25) is 0 Å². The summed E-state index contributed by atoms with van der Waals surface area (Å²) in [5, 5.41) is 0. The second-order valence-corrected chi connectivity index (χ2v) is 5.28. The van der Waals surface area contributed by atoms with Gasteiger partial charge in [0.15, 0.2) is 0 Å². The Kier molecular flexibility index (Phi) is 7.73. The highest BCUT2D eigenvalue weighted by atomic mass is 16.6. The zero-order chi connectivity index (χ0) is 14.9. The minimum absolute atomic E-state index is 0.323. The number of carbonyl (C=O) groups is 2. The molecule has 0 aliphatic rings. The highest BCUT2D eigenvalue weighted by Crippen LogP contribution is 2.13. The van der Waals surface area contributed by atoms with Crippen molar-refractivity contribution in [1.82, 2.24) is 0 Å². The average Bonchev–Trinajstić information content (AvgIpc) is 2.29. The summed E-state index contributed by atoms with van der Waals surface area (Å²) in [6, 6.07) is 0. The maximum atomic E-state index is 11.9. The minimum Gasteiger partial charge on any atom is -0.456 e. The highest BCUT2D eigenvalue weighted by Gasteiger charge is 2.18. The summed E-state index contributed by atoms with van der Waals surface area (Å²) >= 11 is 0. The first-order valence-corrected chi connectivity index (χ1v) is 6.48. The smallest absolute Gasteiger partial charge is 0.338 e. The van der Waals surface area contributed by atoms with Crippen LogP contribution in [0.1, 0.15) is 47.5 Å². The van der Waals surface area contributed by atoms with Gasteiger partial charge in [0, 0.05) is 6.42 Å². The van der Waals surface area contributed by atoms with Gasteiger partial charge in [0.2, 0.25) is 0 Å². The molecule has 0 amide bonds. The Bertz CT molecular complexity index is 393. The van der Waals surface area contributed by atoms with Crippen molar-refractivity contribution in [3.63, 3.8) is 0 Å². The Hall–Kier alpha value is -1.64. The van der Waals surface area contributed by atoms with Crippen molar-refractivity contribution in [2.45, 2.75) is 53.1 Å². The summed E-state index contributed by atoms with van der Waals surface area (Å²) in [6.07, 6.45) is 9.46. The Morgan fingerprint density at radius 2 is 1.84 bits per heavy atom. The molecule has 0 fully saturated rings. The van der Waals surface area contributed by atoms with Crippen LogP contribution < -0.4 is 0 Å². The predicted molar refractivity (Wildman–Crippen MR) is 77.8 cm³/mol. The Labute approximate surface area is 116 Å². The van der Waals surface area contributed by atoms with E-state index in [9.17, 15) is 9.59 Å². The summed E-state index contributed by atoms with van der Waals surface area (Å²) in [5.41, 5.74) is 0.990. The molecular formula is C16H24O3. The first-order valence-electron chi connectivity index (χ1n) is 6.48. The summed E-state index contributed by atoms with van der Waals surface area (Å²) in [7, 11) is 0. The number of ether oxygens (including phenoxy) is 1. The van der Waals surface area contributed by atoms with Crippen LogP contribution in [0.3, 0.4) is 0 Å². The molecule has 0 heterocycles. The summed E-state index contributed by atoms with van der Waals surface area (Å²) < 4.78 is 5.31. The fourth-order valence-electron chi connectivity index (χ4n) is 1.32. The number of hydrogen-bond acceptors (Lipinski definition) is 3. The van der Waals surface area contributed by atoms with E-state index in [2.05, 4.69) is 0 Å². The first kappa shape index (κ1) is 17.4.